The molecule has 0 unspecified atom stereocenters. The maximum Gasteiger partial charge on any atom is 1.00 e. The molecular weight excluding hydrogens is 151 g/mol. The fourth-order valence-corrected chi connectivity index (χ4v) is 0. The van der Waals surface area contributed by atoms with Crippen LogP contribution in [-0.4, -0.2) is 14.7 Å². The molecule has 4 nitrogen and oxygen atoms in total. The molecule has 6 heteroatoms. The zero-order chi connectivity index (χ0) is 4.50. The van der Waals surface area contributed by atoms with E-state index in [0.29, 0.717) is 0 Å². The molecule has 0 amide bonds. The third-order valence-electron chi connectivity index (χ3n) is 0. The topological polar surface area (TPSA) is 77.8 Å². The summed E-state index contributed by atoms with van der Waals surface area (Å²) >= 11 is 0. The average molecular weight is 156 g/mol. The minimum atomic E-state index is -4.64. The summed E-state index contributed by atoms with van der Waals surface area (Å²) in [5, 5.41) is 0. The van der Waals surface area contributed by atoms with E-state index in [-0.39, 0.29) is 19.9 Å². The molecule has 0 spiro atoms. The van der Waals surface area contributed by atoms with Crippen molar-refractivity contribution in [3.05, 3.63) is 0 Å². The van der Waals surface area contributed by atoms with Crippen molar-refractivity contribution in [1.82, 2.24) is 0 Å². The normalized spacial score (nSPS) is 9.83. The van der Waals surface area contributed by atoms with E-state index in [0.717, 1.165) is 0 Å². The van der Waals surface area contributed by atoms with Crippen molar-refractivity contribution in [3.63, 3.8) is 0 Å². The Morgan fingerprint density at radius 2 is 1.33 bits per heavy atom. The number of hydrogen-bond acceptors (Lipinski definition) is 1. The molecule has 0 aromatic rings. The van der Waals surface area contributed by atoms with E-state index in [1.165, 1.54) is 0 Å². The second kappa shape index (κ2) is 2.75. The number of hydrogen-bond donors (Lipinski definition) is 3. The van der Waals surface area contributed by atoms with Gasteiger partial charge in [-0.25, -0.2) is 4.57 Å². The van der Waals surface area contributed by atoms with Gasteiger partial charge in [-0.15, -0.1) is 0 Å². The Morgan fingerprint density at radius 1 is 1.33 bits per heavy atom. The SMILES string of the molecule is O=P(O)(O)O.[Fe].[H+].[H+]. The zero-order valence-electron chi connectivity index (χ0n) is 4.55. The zero-order valence-corrected chi connectivity index (χ0v) is 4.55. The Morgan fingerprint density at radius 3 is 1.33 bits per heavy atom. The molecule has 0 heterocycles. The Kier molecular flexibility index (Phi) is 4.49. The van der Waals surface area contributed by atoms with Crippen LogP contribution in [0.25, 0.3) is 0 Å². The largest absolute Gasteiger partial charge is 1.00 e. The summed E-state index contributed by atoms with van der Waals surface area (Å²) in [5.41, 5.74) is 0. The Labute approximate surface area is 47.9 Å². The van der Waals surface area contributed by atoms with E-state index < -0.39 is 7.82 Å². The van der Waals surface area contributed by atoms with Crippen LogP contribution < -0.4 is 0 Å². The summed E-state index contributed by atoms with van der Waals surface area (Å²) < 4.78 is 8.88. The third kappa shape index (κ3) is 154. The second-order valence-electron chi connectivity index (χ2n) is 0.513. The van der Waals surface area contributed by atoms with Gasteiger partial charge in [0.1, 0.15) is 0 Å². The molecule has 0 atom stereocenters. The molecule has 0 saturated heterocycles. The van der Waals surface area contributed by atoms with Crippen LogP contribution in [0.3, 0.4) is 0 Å². The molecule has 0 fully saturated rings. The first-order chi connectivity index (χ1) is 2.00. The third-order valence-corrected chi connectivity index (χ3v) is 0. The van der Waals surface area contributed by atoms with Crippen molar-refractivity contribution in [2.24, 2.45) is 0 Å². The predicted molar refractivity (Wildman–Crippen MR) is 16.5 cm³/mol. The first kappa shape index (κ1) is 9.80. The van der Waals surface area contributed by atoms with Gasteiger partial charge >= 0.3 is 10.7 Å². The summed E-state index contributed by atoms with van der Waals surface area (Å²) in [6.07, 6.45) is 0. The van der Waals surface area contributed by atoms with Gasteiger partial charge < -0.3 is 14.7 Å². The Bertz CT molecular complexity index is 60.2. The Balaban J connectivity index is -0.0000000267. The maximum atomic E-state index is 8.88. The van der Waals surface area contributed by atoms with Gasteiger partial charge in [0.05, 0.1) is 0 Å². The molecule has 0 aliphatic carbocycles. The van der Waals surface area contributed by atoms with Crippen LogP contribution in [0.4, 0.5) is 0 Å². The summed E-state index contributed by atoms with van der Waals surface area (Å²) in [7, 11) is -4.64. The molecule has 0 radical (unpaired) electrons. The molecule has 0 rings (SSSR count). The Hall–Kier alpha value is 0.629. The van der Waals surface area contributed by atoms with Crippen molar-refractivity contribution < 1.29 is 39.2 Å². The predicted octanol–water partition coefficient (Wildman–Crippen LogP) is -0.706. The molecule has 0 bridgehead atoms. The molecule has 0 aromatic heterocycles. The summed E-state index contributed by atoms with van der Waals surface area (Å²) in [6.45, 7) is 0. The fourth-order valence-electron chi connectivity index (χ4n) is 0. The van der Waals surface area contributed by atoms with Gasteiger partial charge in [-0.1, -0.05) is 0 Å². The maximum absolute atomic E-state index is 8.88. The van der Waals surface area contributed by atoms with E-state index in [1.54, 1.807) is 0 Å². The van der Waals surface area contributed by atoms with Gasteiger partial charge in [-0.2, -0.15) is 0 Å². The average Bonchev–Trinajstić information content (AvgIpc) is 0.722. The van der Waals surface area contributed by atoms with E-state index in [4.69, 9.17) is 19.2 Å². The van der Waals surface area contributed by atoms with Crippen molar-refractivity contribution in [2.45, 2.75) is 0 Å². The molecule has 0 aliphatic heterocycles. The van der Waals surface area contributed by atoms with Crippen LogP contribution in [0.15, 0.2) is 0 Å². The van der Waals surface area contributed by atoms with Gasteiger partial charge in [-0.05, 0) is 0 Å². The molecule has 40 valence electrons. The van der Waals surface area contributed by atoms with Crippen LogP contribution in [0.5, 0.6) is 0 Å². The quantitative estimate of drug-likeness (QED) is 0.319. The minimum absolute atomic E-state index is 0. The van der Waals surface area contributed by atoms with Gasteiger partial charge in [0.15, 0.2) is 0 Å². The molecule has 6 heavy (non-hydrogen) atoms. The summed E-state index contributed by atoms with van der Waals surface area (Å²) in [5.74, 6) is 0. The smallest absolute Gasteiger partial charge is 0.303 e. The van der Waals surface area contributed by atoms with E-state index in [1.807, 2.05) is 0 Å². The van der Waals surface area contributed by atoms with Crippen molar-refractivity contribution >= 4 is 7.82 Å². The van der Waals surface area contributed by atoms with Gasteiger partial charge in [0.25, 0.3) is 0 Å². The summed E-state index contributed by atoms with van der Waals surface area (Å²) in [4.78, 5) is 21.6. The first-order valence-corrected chi connectivity index (χ1v) is 2.35. The van der Waals surface area contributed by atoms with Crippen molar-refractivity contribution in [1.29, 1.82) is 0 Å². The molecular formula is H5FeO4P+2. The number of rotatable bonds is 0. The summed E-state index contributed by atoms with van der Waals surface area (Å²) in [6, 6.07) is 0. The molecule has 3 N–H and O–H groups in total. The molecule has 0 aliphatic rings. The van der Waals surface area contributed by atoms with E-state index in [9.17, 15) is 0 Å². The minimum Gasteiger partial charge on any atom is -0.303 e. The standard InChI is InChI=1S/Fe.H3O4P/c;1-5(2,3)4/h;(H3,1,2,3,4)/p+2. The number of phosphoric acid groups is 1. The van der Waals surface area contributed by atoms with E-state index in [2.05, 4.69) is 0 Å². The van der Waals surface area contributed by atoms with Gasteiger partial charge in [-0.3, -0.25) is 0 Å². The second-order valence-corrected chi connectivity index (χ2v) is 1.54. The van der Waals surface area contributed by atoms with Crippen molar-refractivity contribution in [2.75, 3.05) is 0 Å². The van der Waals surface area contributed by atoms with Crippen LogP contribution in [0.2, 0.25) is 0 Å². The first-order valence-electron chi connectivity index (χ1n) is 0.783. The molecule has 0 saturated carbocycles. The van der Waals surface area contributed by atoms with E-state index >= 15 is 0 Å². The van der Waals surface area contributed by atoms with Crippen LogP contribution in [-0.2, 0) is 21.6 Å². The van der Waals surface area contributed by atoms with Crippen LogP contribution in [0.1, 0.15) is 2.85 Å². The van der Waals surface area contributed by atoms with Crippen molar-refractivity contribution in [3.8, 4) is 0 Å². The van der Waals surface area contributed by atoms with Gasteiger partial charge in [0.2, 0.25) is 0 Å². The van der Waals surface area contributed by atoms with Gasteiger partial charge in [0, 0.05) is 17.1 Å². The fraction of sp³-hybridized carbons (Fsp3) is 0. The van der Waals surface area contributed by atoms with Crippen LogP contribution >= 0.6 is 7.82 Å². The molecule has 0 aromatic carbocycles. The van der Waals surface area contributed by atoms with Crippen LogP contribution in [0, 0.1) is 0 Å². The monoisotopic (exact) mass is 156 g/mol.